The van der Waals surface area contributed by atoms with Crippen LogP contribution >= 0.6 is 22.9 Å². The monoisotopic (exact) mass is 386 g/mol. The van der Waals surface area contributed by atoms with Crippen molar-refractivity contribution in [2.75, 3.05) is 6.61 Å². The number of aryl methyl sites for hydroxylation is 2. The average Bonchev–Trinajstić information content (AvgIpc) is 3.00. The molecule has 0 spiro atoms. The van der Waals surface area contributed by atoms with Gasteiger partial charge in [-0.25, -0.2) is 4.98 Å². The number of aromatic nitrogens is 1. The van der Waals surface area contributed by atoms with Gasteiger partial charge in [0.2, 0.25) is 0 Å². The highest BCUT2D eigenvalue weighted by Crippen LogP contribution is 2.29. The van der Waals surface area contributed by atoms with Crippen LogP contribution in [0.3, 0.4) is 0 Å². The van der Waals surface area contributed by atoms with Crippen LogP contribution in [0.15, 0.2) is 48.5 Å². The lowest BCUT2D eigenvalue weighted by atomic mass is 10.1. The van der Waals surface area contributed by atoms with Crippen molar-refractivity contribution in [2.24, 2.45) is 0 Å². The van der Waals surface area contributed by atoms with Crippen LogP contribution < -0.4 is 10.1 Å². The Morgan fingerprint density at radius 2 is 1.88 bits per heavy atom. The molecular weight excluding hydrogens is 368 g/mol. The fraction of sp³-hybridized carbons (Fsp3) is 0.200. The second kappa shape index (κ2) is 8.34. The first-order valence-electron chi connectivity index (χ1n) is 8.20. The van der Waals surface area contributed by atoms with E-state index in [1.165, 1.54) is 5.56 Å². The van der Waals surface area contributed by atoms with Gasteiger partial charge < -0.3 is 10.1 Å². The van der Waals surface area contributed by atoms with Crippen LogP contribution in [0.25, 0.3) is 10.6 Å². The Labute approximate surface area is 161 Å². The minimum absolute atomic E-state index is 0.0376. The number of halogens is 1. The molecule has 0 saturated carbocycles. The molecule has 6 heteroatoms. The van der Waals surface area contributed by atoms with Crippen LogP contribution in [0.5, 0.6) is 5.75 Å². The van der Waals surface area contributed by atoms with Gasteiger partial charge in [0.1, 0.15) is 10.8 Å². The van der Waals surface area contributed by atoms with Gasteiger partial charge in [-0.1, -0.05) is 35.9 Å². The molecule has 0 atom stereocenters. The van der Waals surface area contributed by atoms with Gasteiger partial charge in [0.15, 0.2) is 6.61 Å². The fourth-order valence-electron chi connectivity index (χ4n) is 2.43. The number of nitrogens with one attached hydrogen (secondary N) is 1. The number of thiazole rings is 1. The maximum absolute atomic E-state index is 12.0. The zero-order valence-electron chi connectivity index (χ0n) is 14.6. The summed E-state index contributed by atoms with van der Waals surface area (Å²) < 4.78 is 5.45. The van der Waals surface area contributed by atoms with Gasteiger partial charge in [0, 0.05) is 15.5 Å². The number of amides is 1. The van der Waals surface area contributed by atoms with Gasteiger partial charge in [-0.05, 0) is 43.7 Å². The molecular formula is C20H19ClN2O2S. The van der Waals surface area contributed by atoms with Crippen molar-refractivity contribution >= 4 is 28.8 Å². The Morgan fingerprint density at radius 1 is 1.15 bits per heavy atom. The smallest absolute Gasteiger partial charge is 0.258 e. The molecule has 2 aromatic carbocycles. The Kier molecular flexibility index (Phi) is 5.91. The molecule has 1 aromatic heterocycles. The lowest BCUT2D eigenvalue weighted by Crippen LogP contribution is -2.28. The van der Waals surface area contributed by atoms with Crippen molar-refractivity contribution in [1.82, 2.24) is 10.3 Å². The molecule has 26 heavy (non-hydrogen) atoms. The van der Waals surface area contributed by atoms with Crippen molar-refractivity contribution in [1.29, 1.82) is 0 Å². The summed E-state index contributed by atoms with van der Waals surface area (Å²) in [6, 6.07) is 15.1. The summed E-state index contributed by atoms with van der Waals surface area (Å²) in [5.41, 5.74) is 3.25. The number of carbonyl (C=O) groups is 1. The maximum Gasteiger partial charge on any atom is 0.258 e. The van der Waals surface area contributed by atoms with Crippen molar-refractivity contribution in [3.63, 3.8) is 0 Å². The van der Waals surface area contributed by atoms with Gasteiger partial charge in [-0.15, -0.1) is 11.3 Å². The predicted molar refractivity (Wildman–Crippen MR) is 106 cm³/mol. The Bertz CT molecular complexity index is 906. The quantitative estimate of drug-likeness (QED) is 0.663. The molecule has 0 unspecified atom stereocenters. The van der Waals surface area contributed by atoms with Crippen molar-refractivity contribution in [3.05, 3.63) is 69.7 Å². The largest absolute Gasteiger partial charge is 0.484 e. The van der Waals surface area contributed by atoms with Gasteiger partial charge >= 0.3 is 0 Å². The van der Waals surface area contributed by atoms with E-state index >= 15 is 0 Å². The highest BCUT2D eigenvalue weighted by atomic mass is 35.5. The number of benzene rings is 2. The molecule has 0 aliphatic carbocycles. The maximum atomic E-state index is 12.0. The molecule has 0 bridgehead atoms. The molecule has 134 valence electrons. The second-order valence-electron chi connectivity index (χ2n) is 5.86. The Balaban J connectivity index is 1.57. The van der Waals surface area contributed by atoms with Gasteiger partial charge in [0.05, 0.1) is 12.2 Å². The van der Waals surface area contributed by atoms with Crippen LogP contribution in [-0.4, -0.2) is 17.5 Å². The molecule has 0 aliphatic rings. The lowest BCUT2D eigenvalue weighted by molar-refractivity contribution is -0.123. The first-order valence-corrected chi connectivity index (χ1v) is 9.40. The first-order chi connectivity index (χ1) is 12.5. The molecule has 4 nitrogen and oxygen atoms in total. The highest BCUT2D eigenvalue weighted by molar-refractivity contribution is 7.15. The number of ether oxygens (including phenoxy) is 1. The molecule has 1 N–H and O–H groups in total. The summed E-state index contributed by atoms with van der Waals surface area (Å²) in [7, 11) is 0. The van der Waals surface area contributed by atoms with Gasteiger partial charge in [-0.3, -0.25) is 4.79 Å². The topological polar surface area (TPSA) is 51.2 Å². The Hall–Kier alpha value is -2.37. The van der Waals surface area contributed by atoms with Crippen molar-refractivity contribution in [2.45, 2.75) is 20.4 Å². The van der Waals surface area contributed by atoms with E-state index in [1.54, 1.807) is 35.6 Å². The summed E-state index contributed by atoms with van der Waals surface area (Å²) in [5, 5.41) is 4.49. The molecule has 1 heterocycles. The third kappa shape index (κ3) is 4.62. The summed E-state index contributed by atoms with van der Waals surface area (Å²) >= 11 is 7.43. The highest BCUT2D eigenvalue weighted by Gasteiger charge is 2.12. The van der Waals surface area contributed by atoms with E-state index in [0.717, 1.165) is 21.1 Å². The SMILES string of the molecule is Cc1ccccc1-c1nc(C)c(CNC(=O)COc2ccc(Cl)cc2)s1. The van der Waals surface area contributed by atoms with E-state index in [2.05, 4.69) is 29.4 Å². The first kappa shape index (κ1) is 18.4. The van der Waals surface area contributed by atoms with Crippen LogP contribution in [0.1, 0.15) is 16.1 Å². The second-order valence-corrected chi connectivity index (χ2v) is 7.38. The summed E-state index contributed by atoms with van der Waals surface area (Å²) in [6.07, 6.45) is 0. The van der Waals surface area contributed by atoms with E-state index in [0.29, 0.717) is 17.3 Å². The van der Waals surface area contributed by atoms with E-state index < -0.39 is 0 Å². The number of nitrogens with zero attached hydrogens (tertiary/aromatic N) is 1. The van der Waals surface area contributed by atoms with Crippen molar-refractivity contribution in [3.8, 4) is 16.3 Å². The van der Waals surface area contributed by atoms with Crippen LogP contribution in [0.4, 0.5) is 0 Å². The number of hydrogen-bond donors (Lipinski definition) is 1. The molecule has 0 radical (unpaired) electrons. The molecule has 3 rings (SSSR count). The number of hydrogen-bond acceptors (Lipinski definition) is 4. The third-order valence-corrected chi connectivity index (χ3v) is 5.34. The molecule has 0 fully saturated rings. The minimum atomic E-state index is -0.176. The zero-order chi connectivity index (χ0) is 18.5. The summed E-state index contributed by atoms with van der Waals surface area (Å²) in [4.78, 5) is 17.7. The molecule has 0 saturated heterocycles. The summed E-state index contributed by atoms with van der Waals surface area (Å²) in [5.74, 6) is 0.436. The van der Waals surface area contributed by atoms with Crippen LogP contribution in [-0.2, 0) is 11.3 Å². The molecule has 3 aromatic rings. The Morgan fingerprint density at radius 3 is 2.62 bits per heavy atom. The normalized spacial score (nSPS) is 10.6. The van der Waals surface area contributed by atoms with Gasteiger partial charge in [0.25, 0.3) is 5.91 Å². The van der Waals surface area contributed by atoms with E-state index in [-0.39, 0.29) is 12.5 Å². The van der Waals surface area contributed by atoms with Crippen molar-refractivity contribution < 1.29 is 9.53 Å². The van der Waals surface area contributed by atoms with E-state index in [1.807, 2.05) is 19.1 Å². The third-order valence-electron chi connectivity index (χ3n) is 3.90. The number of rotatable bonds is 6. The minimum Gasteiger partial charge on any atom is -0.484 e. The summed E-state index contributed by atoms with van der Waals surface area (Å²) in [6.45, 7) is 4.44. The van der Waals surface area contributed by atoms with Crippen LogP contribution in [0, 0.1) is 13.8 Å². The average molecular weight is 387 g/mol. The number of carbonyl (C=O) groups excluding carboxylic acids is 1. The predicted octanol–water partition coefficient (Wildman–Crippen LogP) is 4.78. The van der Waals surface area contributed by atoms with Crippen LogP contribution in [0.2, 0.25) is 5.02 Å². The van der Waals surface area contributed by atoms with Gasteiger partial charge in [-0.2, -0.15) is 0 Å². The zero-order valence-corrected chi connectivity index (χ0v) is 16.2. The molecule has 1 amide bonds. The standard InChI is InChI=1S/C20H19ClN2O2S/c1-13-5-3-4-6-17(13)20-23-14(2)18(26-20)11-22-19(24)12-25-16-9-7-15(21)8-10-16/h3-10H,11-12H2,1-2H3,(H,22,24). The van der Waals surface area contributed by atoms with E-state index in [9.17, 15) is 4.79 Å². The molecule has 0 aliphatic heterocycles. The fourth-order valence-corrected chi connectivity index (χ4v) is 3.65. The lowest BCUT2D eigenvalue weighted by Gasteiger charge is -2.07. The van der Waals surface area contributed by atoms with E-state index in [4.69, 9.17) is 16.3 Å².